The minimum Gasteiger partial charge on any atom is -0.462 e. The van der Waals surface area contributed by atoms with E-state index in [4.69, 9.17) is 21.7 Å². The lowest BCUT2D eigenvalue weighted by Crippen LogP contribution is -2.34. The zero-order valence-electron chi connectivity index (χ0n) is 14.4. The number of thiophene rings is 1. The smallest absolute Gasteiger partial charge is 0.350 e. The number of nitrogens with one attached hydrogen (secondary N) is 2. The molecule has 2 heterocycles. The molecule has 7 heteroatoms. The molecule has 0 spiro atoms. The fraction of sp³-hybridized carbons (Fsp3) is 0.529. The van der Waals surface area contributed by atoms with E-state index in [1.54, 1.807) is 13.0 Å². The van der Waals surface area contributed by atoms with E-state index in [2.05, 4.69) is 31.1 Å². The van der Waals surface area contributed by atoms with Crippen LogP contribution in [0.1, 0.15) is 47.3 Å². The first kappa shape index (κ1) is 18.9. The van der Waals surface area contributed by atoms with Crippen molar-refractivity contribution >= 4 is 40.3 Å². The number of hydrogen-bond acceptors (Lipinski definition) is 5. The van der Waals surface area contributed by atoms with Crippen molar-refractivity contribution < 1.29 is 14.3 Å². The molecule has 1 unspecified atom stereocenters. The first-order valence-electron chi connectivity index (χ1n) is 8.05. The quantitative estimate of drug-likeness (QED) is 0.454. The van der Waals surface area contributed by atoms with E-state index in [0.29, 0.717) is 35.4 Å². The summed E-state index contributed by atoms with van der Waals surface area (Å²) in [6.07, 6.45) is 3.42. The lowest BCUT2D eigenvalue weighted by Gasteiger charge is -2.33. The summed E-state index contributed by atoms with van der Waals surface area (Å²) in [5, 5.41) is 6.61. The lowest BCUT2D eigenvalue weighted by atomic mass is 9.93. The molecule has 0 aromatic carbocycles. The zero-order valence-corrected chi connectivity index (χ0v) is 16.0. The second kappa shape index (κ2) is 8.09. The summed E-state index contributed by atoms with van der Waals surface area (Å²) in [6.45, 7) is 11.0. The molecule has 0 aliphatic carbocycles. The summed E-state index contributed by atoms with van der Waals surface area (Å²) in [5.41, 5.74) is 1.51. The van der Waals surface area contributed by atoms with Crippen LogP contribution in [0, 0.1) is 0 Å². The van der Waals surface area contributed by atoms with E-state index < -0.39 is 0 Å². The third kappa shape index (κ3) is 4.15. The van der Waals surface area contributed by atoms with Crippen molar-refractivity contribution in [1.29, 1.82) is 0 Å². The van der Waals surface area contributed by atoms with Crippen molar-refractivity contribution in [3.63, 3.8) is 0 Å². The monoisotopic (exact) mass is 368 g/mol. The number of hydrogen-bond donors (Lipinski definition) is 2. The molecule has 0 radical (unpaired) electrons. The first-order valence-corrected chi connectivity index (χ1v) is 9.28. The van der Waals surface area contributed by atoms with E-state index in [1.165, 1.54) is 11.3 Å². The van der Waals surface area contributed by atoms with E-state index in [1.807, 2.05) is 0 Å². The number of ether oxygens (including phenoxy) is 2. The van der Waals surface area contributed by atoms with Crippen LogP contribution in [0.5, 0.6) is 0 Å². The fourth-order valence-corrected chi connectivity index (χ4v) is 3.98. The Labute approximate surface area is 152 Å². The van der Waals surface area contributed by atoms with Gasteiger partial charge in [-0.1, -0.05) is 13.0 Å². The van der Waals surface area contributed by atoms with Crippen LogP contribution in [0.4, 0.5) is 5.69 Å². The standard InChI is InChI=1S/C17H24N2O3S2/c1-5-8-18-16(23)19-13-11-10-22-17(4,6-2)9-12(11)24-14(13)15(20)21-7-3/h5H,1,6-10H2,2-4H3,(H2,18,19,23). The number of carbonyl (C=O) groups excluding carboxylic acids is 1. The van der Waals surface area contributed by atoms with Crippen LogP contribution in [0.3, 0.4) is 0 Å². The third-order valence-electron chi connectivity index (χ3n) is 4.04. The molecule has 5 nitrogen and oxygen atoms in total. The third-order valence-corrected chi connectivity index (χ3v) is 5.50. The number of thiocarbonyl (C=S) groups is 1. The van der Waals surface area contributed by atoms with Gasteiger partial charge in [0, 0.05) is 23.4 Å². The minimum atomic E-state index is -0.330. The van der Waals surface area contributed by atoms with E-state index in [0.717, 1.165) is 23.3 Å². The Hall–Kier alpha value is -1.44. The molecule has 2 N–H and O–H groups in total. The second-order valence-corrected chi connectivity index (χ2v) is 7.33. The van der Waals surface area contributed by atoms with Crippen LogP contribution in [0.15, 0.2) is 12.7 Å². The Balaban J connectivity index is 2.34. The number of carbonyl (C=O) groups is 1. The van der Waals surface area contributed by atoms with E-state index in [-0.39, 0.29) is 11.6 Å². The largest absolute Gasteiger partial charge is 0.462 e. The highest BCUT2D eigenvalue weighted by atomic mass is 32.1. The molecular formula is C17H24N2O3S2. The van der Waals surface area contributed by atoms with Gasteiger partial charge in [0.25, 0.3) is 0 Å². The molecule has 132 valence electrons. The summed E-state index contributed by atoms with van der Waals surface area (Å²) < 4.78 is 11.2. The van der Waals surface area contributed by atoms with Crippen LogP contribution >= 0.6 is 23.6 Å². The maximum absolute atomic E-state index is 12.3. The topological polar surface area (TPSA) is 59.6 Å². The predicted molar refractivity (Wildman–Crippen MR) is 102 cm³/mol. The highest BCUT2D eigenvalue weighted by Crippen LogP contribution is 2.41. The van der Waals surface area contributed by atoms with Gasteiger partial charge in [-0.3, -0.25) is 0 Å². The van der Waals surface area contributed by atoms with Gasteiger partial charge in [0.05, 0.1) is 24.5 Å². The molecule has 0 saturated heterocycles. The Kier molecular flexibility index (Phi) is 6.37. The first-order chi connectivity index (χ1) is 11.4. The highest BCUT2D eigenvalue weighted by Gasteiger charge is 2.35. The number of anilines is 1. The van der Waals surface area contributed by atoms with Crippen molar-refractivity contribution in [2.75, 3.05) is 18.5 Å². The Morgan fingerprint density at radius 3 is 2.92 bits per heavy atom. The van der Waals surface area contributed by atoms with Crippen LogP contribution in [-0.4, -0.2) is 29.8 Å². The molecule has 1 aliphatic heterocycles. The van der Waals surface area contributed by atoms with Crippen LogP contribution in [-0.2, 0) is 22.5 Å². The maximum Gasteiger partial charge on any atom is 0.350 e. The van der Waals surface area contributed by atoms with Crippen molar-refractivity contribution in [2.24, 2.45) is 0 Å². The summed E-state index contributed by atoms with van der Waals surface area (Å²) in [6, 6.07) is 0. The Bertz CT molecular complexity index is 642. The maximum atomic E-state index is 12.3. The molecule has 0 amide bonds. The predicted octanol–water partition coefficient (Wildman–Crippen LogP) is 3.64. The van der Waals surface area contributed by atoms with Crippen molar-refractivity contribution in [3.05, 3.63) is 28.0 Å². The van der Waals surface area contributed by atoms with Crippen LogP contribution < -0.4 is 10.6 Å². The van der Waals surface area contributed by atoms with Gasteiger partial charge in [-0.05, 0) is 32.5 Å². The summed E-state index contributed by atoms with van der Waals surface area (Å²) in [5.74, 6) is -0.330. The summed E-state index contributed by atoms with van der Waals surface area (Å²) in [4.78, 5) is 14.0. The molecule has 0 fully saturated rings. The van der Waals surface area contributed by atoms with Gasteiger partial charge in [-0.25, -0.2) is 4.79 Å². The highest BCUT2D eigenvalue weighted by molar-refractivity contribution is 7.80. The van der Waals surface area contributed by atoms with Crippen molar-refractivity contribution in [3.8, 4) is 0 Å². The molecule has 1 aromatic rings. The van der Waals surface area contributed by atoms with Gasteiger partial charge in [-0.15, -0.1) is 17.9 Å². The summed E-state index contributed by atoms with van der Waals surface area (Å²) in [7, 11) is 0. The minimum absolute atomic E-state index is 0.192. The van der Waals surface area contributed by atoms with Crippen molar-refractivity contribution in [2.45, 2.75) is 45.8 Å². The number of fused-ring (bicyclic) bond motifs is 1. The number of rotatable bonds is 6. The SMILES string of the molecule is C=CCNC(=S)Nc1c(C(=O)OCC)sc2c1COC(C)(CC)C2. The van der Waals surface area contributed by atoms with E-state index >= 15 is 0 Å². The van der Waals surface area contributed by atoms with Gasteiger partial charge in [0.2, 0.25) is 0 Å². The van der Waals surface area contributed by atoms with E-state index in [9.17, 15) is 4.79 Å². The summed E-state index contributed by atoms with van der Waals surface area (Å²) >= 11 is 6.76. The van der Waals surface area contributed by atoms with Crippen LogP contribution in [0.25, 0.3) is 0 Å². The fourth-order valence-electron chi connectivity index (χ4n) is 2.47. The molecule has 0 bridgehead atoms. The van der Waals surface area contributed by atoms with Gasteiger partial charge < -0.3 is 20.1 Å². The Morgan fingerprint density at radius 2 is 2.29 bits per heavy atom. The molecule has 1 aromatic heterocycles. The molecule has 2 rings (SSSR count). The van der Waals surface area contributed by atoms with Gasteiger partial charge in [0.15, 0.2) is 5.11 Å². The Morgan fingerprint density at radius 1 is 1.54 bits per heavy atom. The molecule has 1 aliphatic rings. The zero-order chi connectivity index (χ0) is 17.7. The molecular weight excluding hydrogens is 344 g/mol. The number of esters is 1. The van der Waals surface area contributed by atoms with Gasteiger partial charge in [0.1, 0.15) is 4.88 Å². The van der Waals surface area contributed by atoms with Gasteiger partial charge >= 0.3 is 5.97 Å². The molecule has 0 saturated carbocycles. The van der Waals surface area contributed by atoms with Gasteiger partial charge in [-0.2, -0.15) is 0 Å². The molecule has 1 atom stereocenters. The second-order valence-electron chi connectivity index (χ2n) is 5.82. The van der Waals surface area contributed by atoms with Crippen molar-refractivity contribution in [1.82, 2.24) is 5.32 Å². The average molecular weight is 369 g/mol. The normalized spacial score (nSPS) is 19.3. The average Bonchev–Trinajstić information content (AvgIpc) is 2.90. The lowest BCUT2D eigenvalue weighted by molar-refractivity contribution is -0.0548. The van der Waals surface area contributed by atoms with Crippen LogP contribution in [0.2, 0.25) is 0 Å². The molecule has 24 heavy (non-hydrogen) atoms.